The molecule has 1 aromatic heterocycles. The van der Waals surface area contributed by atoms with Crippen LogP contribution in [-0.4, -0.2) is 34.0 Å². The topological polar surface area (TPSA) is 71.3 Å². The first kappa shape index (κ1) is 19.5. The standard InChI is InChI=1S/C21H20ClFN4O2/c22-16-5-9-18(10-6-16)24-21(28)15-2-1-11-27(12-15)13-19-25-20(26-29-19)14-3-7-17(23)8-4-14/h3-10,15H,1-2,11-13H2,(H,24,28). The lowest BCUT2D eigenvalue weighted by Gasteiger charge is -2.30. The Kier molecular flexibility index (Phi) is 5.87. The van der Waals surface area contributed by atoms with Crippen molar-refractivity contribution in [2.24, 2.45) is 5.92 Å². The maximum atomic E-state index is 13.1. The summed E-state index contributed by atoms with van der Waals surface area (Å²) >= 11 is 5.88. The average molecular weight is 415 g/mol. The van der Waals surface area contributed by atoms with Crippen LogP contribution in [0.1, 0.15) is 18.7 Å². The van der Waals surface area contributed by atoms with E-state index >= 15 is 0 Å². The number of hydrogen-bond acceptors (Lipinski definition) is 5. The molecule has 4 rings (SSSR count). The molecule has 1 aliphatic rings. The van der Waals surface area contributed by atoms with Gasteiger partial charge in [-0.2, -0.15) is 4.98 Å². The second-order valence-corrected chi connectivity index (χ2v) is 7.53. The summed E-state index contributed by atoms with van der Waals surface area (Å²) in [4.78, 5) is 19.1. The summed E-state index contributed by atoms with van der Waals surface area (Å²) in [7, 11) is 0. The fourth-order valence-corrected chi connectivity index (χ4v) is 3.54. The van der Waals surface area contributed by atoms with Crippen molar-refractivity contribution in [1.82, 2.24) is 15.0 Å². The monoisotopic (exact) mass is 414 g/mol. The molecule has 1 aliphatic heterocycles. The molecule has 0 bridgehead atoms. The molecule has 8 heteroatoms. The van der Waals surface area contributed by atoms with E-state index < -0.39 is 0 Å². The number of anilines is 1. The quantitative estimate of drug-likeness (QED) is 0.670. The first-order valence-corrected chi connectivity index (χ1v) is 9.82. The van der Waals surface area contributed by atoms with E-state index in [-0.39, 0.29) is 17.6 Å². The van der Waals surface area contributed by atoms with Gasteiger partial charge >= 0.3 is 0 Å². The van der Waals surface area contributed by atoms with Crippen LogP contribution < -0.4 is 5.32 Å². The number of benzene rings is 2. The molecular weight excluding hydrogens is 395 g/mol. The predicted molar refractivity (Wildman–Crippen MR) is 108 cm³/mol. The van der Waals surface area contributed by atoms with Crippen molar-refractivity contribution in [2.45, 2.75) is 19.4 Å². The van der Waals surface area contributed by atoms with Crippen LogP contribution in [0.5, 0.6) is 0 Å². The number of carbonyl (C=O) groups excluding carboxylic acids is 1. The van der Waals surface area contributed by atoms with Gasteiger partial charge in [0.2, 0.25) is 17.6 Å². The number of nitrogens with one attached hydrogen (secondary N) is 1. The van der Waals surface area contributed by atoms with E-state index in [4.69, 9.17) is 16.1 Å². The van der Waals surface area contributed by atoms with Crippen LogP contribution in [0.2, 0.25) is 5.02 Å². The molecule has 29 heavy (non-hydrogen) atoms. The molecule has 3 aromatic rings. The first-order chi connectivity index (χ1) is 14.1. The van der Waals surface area contributed by atoms with E-state index in [0.29, 0.717) is 35.4 Å². The molecule has 0 radical (unpaired) electrons. The second-order valence-electron chi connectivity index (χ2n) is 7.09. The van der Waals surface area contributed by atoms with E-state index in [2.05, 4.69) is 20.4 Å². The van der Waals surface area contributed by atoms with Gasteiger partial charge in [0, 0.05) is 22.8 Å². The lowest BCUT2D eigenvalue weighted by Crippen LogP contribution is -2.40. The summed E-state index contributed by atoms with van der Waals surface area (Å²) < 4.78 is 18.4. The lowest BCUT2D eigenvalue weighted by molar-refractivity contribution is -0.121. The molecule has 1 atom stereocenters. The molecule has 1 fully saturated rings. The van der Waals surface area contributed by atoms with Gasteiger partial charge in [0.25, 0.3) is 0 Å². The van der Waals surface area contributed by atoms with Crippen molar-refractivity contribution in [3.05, 3.63) is 65.3 Å². The average Bonchev–Trinajstić information content (AvgIpc) is 3.19. The molecular formula is C21H20ClFN4O2. The van der Waals surface area contributed by atoms with E-state index in [9.17, 15) is 9.18 Å². The molecule has 1 unspecified atom stereocenters. The van der Waals surface area contributed by atoms with Crippen molar-refractivity contribution in [3.63, 3.8) is 0 Å². The van der Waals surface area contributed by atoms with Crippen LogP contribution >= 0.6 is 11.6 Å². The Bertz CT molecular complexity index is 975. The molecule has 1 saturated heterocycles. The minimum absolute atomic E-state index is 0.00504. The number of carbonyl (C=O) groups is 1. The van der Waals surface area contributed by atoms with E-state index in [1.165, 1.54) is 12.1 Å². The van der Waals surface area contributed by atoms with Crippen LogP contribution in [0.3, 0.4) is 0 Å². The Hall–Kier alpha value is -2.77. The Labute approximate surface area is 172 Å². The lowest BCUT2D eigenvalue weighted by atomic mass is 9.97. The molecule has 1 N–H and O–H groups in total. The molecule has 0 spiro atoms. The zero-order chi connectivity index (χ0) is 20.2. The van der Waals surface area contributed by atoms with Gasteiger partial charge in [0.15, 0.2) is 0 Å². The normalized spacial score (nSPS) is 17.2. The van der Waals surface area contributed by atoms with Crippen molar-refractivity contribution >= 4 is 23.2 Å². The van der Waals surface area contributed by atoms with Gasteiger partial charge in [-0.3, -0.25) is 9.69 Å². The predicted octanol–water partition coefficient (Wildman–Crippen LogP) is 4.38. The molecule has 0 aliphatic carbocycles. The summed E-state index contributed by atoms with van der Waals surface area (Å²) in [6.07, 6.45) is 1.75. The van der Waals surface area contributed by atoms with Gasteiger partial charge in [-0.15, -0.1) is 0 Å². The number of aromatic nitrogens is 2. The Morgan fingerprint density at radius 3 is 2.72 bits per heavy atom. The third-order valence-corrected chi connectivity index (χ3v) is 5.17. The zero-order valence-electron chi connectivity index (χ0n) is 15.6. The van der Waals surface area contributed by atoms with Gasteiger partial charge < -0.3 is 9.84 Å². The zero-order valence-corrected chi connectivity index (χ0v) is 16.4. The van der Waals surface area contributed by atoms with Gasteiger partial charge in [-0.25, -0.2) is 4.39 Å². The number of amides is 1. The van der Waals surface area contributed by atoms with Crippen molar-refractivity contribution < 1.29 is 13.7 Å². The molecule has 2 aromatic carbocycles. The second kappa shape index (κ2) is 8.71. The number of piperidine rings is 1. The van der Waals surface area contributed by atoms with Gasteiger partial charge in [0.05, 0.1) is 12.5 Å². The Balaban J connectivity index is 1.35. The summed E-state index contributed by atoms with van der Waals surface area (Å²) in [6, 6.07) is 13.0. The van der Waals surface area contributed by atoms with Gasteiger partial charge in [0.1, 0.15) is 5.82 Å². The number of likely N-dealkylation sites (tertiary alicyclic amines) is 1. The molecule has 6 nitrogen and oxygen atoms in total. The maximum absolute atomic E-state index is 13.1. The maximum Gasteiger partial charge on any atom is 0.241 e. The molecule has 150 valence electrons. The highest BCUT2D eigenvalue weighted by molar-refractivity contribution is 6.30. The number of rotatable bonds is 5. The third kappa shape index (κ3) is 4.99. The summed E-state index contributed by atoms with van der Waals surface area (Å²) in [5, 5.41) is 7.55. The van der Waals surface area contributed by atoms with E-state index in [1.807, 2.05) is 0 Å². The van der Waals surface area contributed by atoms with Crippen LogP contribution in [0.25, 0.3) is 11.4 Å². The van der Waals surface area contributed by atoms with Crippen molar-refractivity contribution in [2.75, 3.05) is 18.4 Å². The van der Waals surface area contributed by atoms with Crippen LogP contribution in [0, 0.1) is 11.7 Å². The molecule has 1 amide bonds. The van der Waals surface area contributed by atoms with Crippen LogP contribution in [-0.2, 0) is 11.3 Å². The van der Waals surface area contributed by atoms with E-state index in [1.54, 1.807) is 36.4 Å². The highest BCUT2D eigenvalue weighted by Crippen LogP contribution is 2.22. The van der Waals surface area contributed by atoms with Gasteiger partial charge in [-0.1, -0.05) is 16.8 Å². The highest BCUT2D eigenvalue weighted by atomic mass is 35.5. The van der Waals surface area contributed by atoms with Crippen LogP contribution in [0.4, 0.5) is 10.1 Å². The van der Waals surface area contributed by atoms with Gasteiger partial charge in [-0.05, 0) is 67.9 Å². The van der Waals surface area contributed by atoms with Crippen molar-refractivity contribution in [1.29, 1.82) is 0 Å². The molecule has 0 saturated carbocycles. The molecule has 2 heterocycles. The SMILES string of the molecule is O=C(Nc1ccc(Cl)cc1)C1CCCN(Cc2nc(-c3ccc(F)cc3)no2)C1. The Morgan fingerprint density at radius 2 is 1.97 bits per heavy atom. The third-order valence-electron chi connectivity index (χ3n) is 4.92. The summed E-state index contributed by atoms with van der Waals surface area (Å²) in [5.74, 6) is 0.472. The Morgan fingerprint density at radius 1 is 1.21 bits per heavy atom. The summed E-state index contributed by atoms with van der Waals surface area (Å²) in [6.45, 7) is 1.95. The number of nitrogens with zero attached hydrogens (tertiary/aromatic N) is 3. The minimum atomic E-state index is -0.311. The first-order valence-electron chi connectivity index (χ1n) is 9.44. The number of hydrogen-bond donors (Lipinski definition) is 1. The number of halogens is 2. The largest absolute Gasteiger partial charge is 0.338 e. The van der Waals surface area contributed by atoms with Crippen LogP contribution in [0.15, 0.2) is 53.1 Å². The fraction of sp³-hybridized carbons (Fsp3) is 0.286. The summed E-state index contributed by atoms with van der Waals surface area (Å²) in [5.41, 5.74) is 1.43. The van der Waals surface area contributed by atoms with E-state index in [0.717, 1.165) is 25.1 Å². The minimum Gasteiger partial charge on any atom is -0.338 e. The van der Waals surface area contributed by atoms with Crippen molar-refractivity contribution in [3.8, 4) is 11.4 Å². The fourth-order valence-electron chi connectivity index (χ4n) is 3.42. The smallest absolute Gasteiger partial charge is 0.241 e. The highest BCUT2D eigenvalue weighted by Gasteiger charge is 2.27.